The van der Waals surface area contributed by atoms with Gasteiger partial charge in [-0.25, -0.2) is 17.9 Å². The maximum atomic E-state index is 12.3. The second-order valence-electron chi connectivity index (χ2n) is 4.58. The Bertz CT molecular complexity index is 658. The van der Waals surface area contributed by atoms with Gasteiger partial charge in [0.25, 0.3) is 0 Å². The van der Waals surface area contributed by atoms with Gasteiger partial charge in [0.1, 0.15) is 0 Å². The smallest absolute Gasteiger partial charge is 0.337 e. The van der Waals surface area contributed by atoms with E-state index in [0.717, 1.165) is 6.07 Å². The maximum Gasteiger partial charge on any atom is 0.337 e. The summed E-state index contributed by atoms with van der Waals surface area (Å²) in [7, 11) is -3.81. The van der Waals surface area contributed by atoms with Crippen LogP contribution in [0.4, 0.5) is 0 Å². The van der Waals surface area contributed by atoms with Crippen molar-refractivity contribution in [3.8, 4) is 0 Å². The number of carboxylic acid groups (broad SMARTS) is 1. The van der Waals surface area contributed by atoms with Gasteiger partial charge in [0.2, 0.25) is 10.0 Å². The summed E-state index contributed by atoms with van der Waals surface area (Å²) in [6.45, 7) is 0.996. The maximum absolute atomic E-state index is 12.3. The van der Waals surface area contributed by atoms with Gasteiger partial charge in [-0.2, -0.15) is 0 Å². The highest BCUT2D eigenvalue weighted by molar-refractivity contribution is 9.10. The number of carboxylic acids is 1. The first-order chi connectivity index (χ1) is 9.81. The van der Waals surface area contributed by atoms with Gasteiger partial charge in [0.15, 0.2) is 0 Å². The van der Waals surface area contributed by atoms with Gasteiger partial charge in [-0.1, -0.05) is 11.6 Å². The summed E-state index contributed by atoms with van der Waals surface area (Å²) < 4.78 is 32.6. The van der Waals surface area contributed by atoms with Crippen LogP contribution in [0.5, 0.6) is 0 Å². The lowest BCUT2D eigenvalue weighted by atomic mass is 10.1. The van der Waals surface area contributed by atoms with Gasteiger partial charge in [0.05, 0.1) is 15.5 Å². The number of aromatic carboxylic acids is 1. The lowest BCUT2D eigenvalue weighted by Gasteiger charge is -2.23. The van der Waals surface area contributed by atoms with Crippen LogP contribution in [0.15, 0.2) is 21.5 Å². The molecule has 0 atom stereocenters. The van der Waals surface area contributed by atoms with Crippen LogP contribution in [0.25, 0.3) is 0 Å². The first-order valence-electron chi connectivity index (χ1n) is 6.13. The van der Waals surface area contributed by atoms with Gasteiger partial charge in [-0.05, 0) is 40.9 Å². The van der Waals surface area contributed by atoms with Gasteiger partial charge < -0.3 is 9.84 Å². The van der Waals surface area contributed by atoms with Crippen molar-refractivity contribution < 1.29 is 23.1 Å². The number of ether oxygens (including phenoxy) is 1. The lowest BCUT2D eigenvalue weighted by Crippen LogP contribution is -2.38. The normalized spacial score (nSPS) is 16.9. The largest absolute Gasteiger partial charge is 0.478 e. The predicted octanol–water partition coefficient (Wildman–Crippen LogP) is 2.26. The molecule has 1 fully saturated rings. The minimum atomic E-state index is -3.81. The Morgan fingerprint density at radius 3 is 2.57 bits per heavy atom. The van der Waals surface area contributed by atoms with Crippen LogP contribution in [0.1, 0.15) is 23.2 Å². The summed E-state index contributed by atoms with van der Waals surface area (Å²) in [6, 6.07) is 2.12. The van der Waals surface area contributed by atoms with Crippen LogP contribution >= 0.6 is 27.5 Å². The highest BCUT2D eigenvalue weighted by atomic mass is 79.9. The summed E-state index contributed by atoms with van der Waals surface area (Å²) in [6.07, 6.45) is 1.17. The minimum Gasteiger partial charge on any atom is -0.478 e. The topological polar surface area (TPSA) is 92.7 Å². The molecule has 1 heterocycles. The van der Waals surface area contributed by atoms with E-state index in [1.807, 2.05) is 0 Å². The number of rotatable bonds is 4. The van der Waals surface area contributed by atoms with Crippen molar-refractivity contribution in [2.24, 2.45) is 0 Å². The molecule has 2 N–H and O–H groups in total. The Balaban J connectivity index is 2.33. The number of hydrogen-bond acceptors (Lipinski definition) is 4. The molecule has 0 aromatic heterocycles. The third kappa shape index (κ3) is 3.95. The molecule has 1 saturated heterocycles. The fraction of sp³-hybridized carbons (Fsp3) is 0.417. The zero-order chi connectivity index (χ0) is 15.6. The Labute approximate surface area is 135 Å². The number of halogens is 2. The average Bonchev–Trinajstić information content (AvgIpc) is 2.41. The Morgan fingerprint density at radius 1 is 1.38 bits per heavy atom. The van der Waals surface area contributed by atoms with Crippen LogP contribution in [-0.2, 0) is 14.8 Å². The number of carbonyl (C=O) groups is 1. The molecule has 2 rings (SSSR count). The number of sulfonamides is 1. The van der Waals surface area contributed by atoms with E-state index in [2.05, 4.69) is 20.7 Å². The molecule has 0 radical (unpaired) electrons. The van der Waals surface area contributed by atoms with Crippen LogP contribution in [0, 0.1) is 0 Å². The van der Waals surface area contributed by atoms with E-state index in [1.54, 1.807) is 0 Å². The van der Waals surface area contributed by atoms with E-state index >= 15 is 0 Å². The molecule has 9 heteroatoms. The van der Waals surface area contributed by atoms with Crippen molar-refractivity contribution in [2.45, 2.75) is 23.8 Å². The molecule has 116 valence electrons. The quantitative estimate of drug-likeness (QED) is 0.811. The second kappa shape index (κ2) is 6.62. The van der Waals surface area contributed by atoms with Crippen molar-refractivity contribution >= 4 is 43.5 Å². The molecular formula is C12H13BrClNO5S. The van der Waals surface area contributed by atoms with E-state index in [0.29, 0.717) is 26.1 Å². The second-order valence-corrected chi connectivity index (χ2v) is 7.53. The van der Waals surface area contributed by atoms with Gasteiger partial charge >= 0.3 is 5.97 Å². The third-order valence-corrected chi connectivity index (χ3v) is 5.85. The van der Waals surface area contributed by atoms with Crippen LogP contribution < -0.4 is 4.72 Å². The van der Waals surface area contributed by atoms with Crippen LogP contribution in [-0.4, -0.2) is 38.7 Å². The highest BCUT2D eigenvalue weighted by Crippen LogP contribution is 2.30. The van der Waals surface area contributed by atoms with Crippen molar-refractivity contribution in [1.82, 2.24) is 4.72 Å². The molecule has 1 aliphatic heterocycles. The van der Waals surface area contributed by atoms with Gasteiger partial charge in [0, 0.05) is 23.7 Å². The number of nitrogens with one attached hydrogen (secondary N) is 1. The third-order valence-electron chi connectivity index (χ3n) is 3.09. The SMILES string of the molecule is O=C(O)c1cc(S(=O)(=O)NC2CCOCC2)cc(Br)c1Cl. The Kier molecular flexibility index (Phi) is 5.26. The fourth-order valence-corrected chi connectivity index (χ4v) is 4.14. The highest BCUT2D eigenvalue weighted by Gasteiger charge is 2.25. The molecule has 0 amide bonds. The molecule has 21 heavy (non-hydrogen) atoms. The number of benzene rings is 1. The van der Waals surface area contributed by atoms with E-state index in [9.17, 15) is 13.2 Å². The number of hydrogen-bond donors (Lipinski definition) is 2. The molecule has 0 unspecified atom stereocenters. The molecule has 0 saturated carbocycles. The zero-order valence-electron chi connectivity index (χ0n) is 10.8. The first-order valence-corrected chi connectivity index (χ1v) is 8.79. The molecule has 6 nitrogen and oxygen atoms in total. The summed E-state index contributed by atoms with van der Waals surface area (Å²) in [4.78, 5) is 11.0. The van der Waals surface area contributed by atoms with Crippen molar-refractivity contribution in [3.63, 3.8) is 0 Å². The molecular weight excluding hydrogens is 386 g/mol. The van der Waals surface area contributed by atoms with E-state index in [1.165, 1.54) is 6.07 Å². The predicted molar refractivity (Wildman–Crippen MR) is 80.3 cm³/mol. The molecule has 0 spiro atoms. The summed E-state index contributed by atoms with van der Waals surface area (Å²) >= 11 is 8.92. The zero-order valence-corrected chi connectivity index (χ0v) is 14.0. The molecule has 1 aliphatic rings. The first kappa shape index (κ1) is 16.7. The standard InChI is InChI=1S/C12H13BrClNO5S/c13-10-6-8(5-9(11(10)14)12(16)17)21(18,19)15-7-1-3-20-4-2-7/h5-7,15H,1-4H2,(H,16,17). The molecule has 1 aromatic rings. The van der Waals surface area contributed by atoms with Crippen molar-refractivity contribution in [1.29, 1.82) is 0 Å². The van der Waals surface area contributed by atoms with Crippen LogP contribution in [0.3, 0.4) is 0 Å². The summed E-state index contributed by atoms with van der Waals surface area (Å²) in [5.74, 6) is -1.29. The van der Waals surface area contributed by atoms with E-state index in [-0.39, 0.29) is 26.0 Å². The summed E-state index contributed by atoms with van der Waals surface area (Å²) in [5.41, 5.74) is -0.265. The Morgan fingerprint density at radius 2 is 2.00 bits per heavy atom. The van der Waals surface area contributed by atoms with Crippen LogP contribution in [0.2, 0.25) is 5.02 Å². The summed E-state index contributed by atoms with van der Waals surface area (Å²) in [5, 5.41) is 9.03. The minimum absolute atomic E-state index is 0.0347. The van der Waals surface area contributed by atoms with E-state index < -0.39 is 16.0 Å². The van der Waals surface area contributed by atoms with Crippen molar-refractivity contribution in [2.75, 3.05) is 13.2 Å². The molecule has 1 aromatic carbocycles. The fourth-order valence-electron chi connectivity index (χ4n) is 1.98. The van der Waals surface area contributed by atoms with Gasteiger partial charge in [-0.15, -0.1) is 0 Å². The molecule has 0 bridgehead atoms. The average molecular weight is 399 g/mol. The van der Waals surface area contributed by atoms with E-state index in [4.69, 9.17) is 21.4 Å². The van der Waals surface area contributed by atoms with Crippen molar-refractivity contribution in [3.05, 3.63) is 27.2 Å². The lowest BCUT2D eigenvalue weighted by molar-refractivity contribution is 0.0696. The molecule has 0 aliphatic carbocycles. The van der Waals surface area contributed by atoms with Gasteiger partial charge in [-0.3, -0.25) is 0 Å². The Hall–Kier alpha value is -0.670. The monoisotopic (exact) mass is 397 g/mol.